The van der Waals surface area contributed by atoms with E-state index in [1.807, 2.05) is 51.1 Å². The Morgan fingerprint density at radius 1 is 1.15 bits per heavy atom. The Balaban J connectivity index is 0.00000364. The summed E-state index contributed by atoms with van der Waals surface area (Å²) in [5, 5.41) is 9.22. The molecule has 0 saturated carbocycles. The Bertz CT molecular complexity index is 716. The maximum Gasteiger partial charge on any atom is 0.226 e. The molecular formula is C19H28IN5O2. The number of aromatic nitrogens is 1. The maximum absolute atomic E-state index is 11.5. The number of oxazole rings is 1. The Morgan fingerprint density at radius 2 is 1.85 bits per heavy atom. The summed E-state index contributed by atoms with van der Waals surface area (Å²) in [4.78, 5) is 20.5. The van der Waals surface area contributed by atoms with E-state index in [2.05, 4.69) is 25.9 Å². The third-order valence-electron chi connectivity index (χ3n) is 3.56. The van der Waals surface area contributed by atoms with Crippen LogP contribution in [0.1, 0.15) is 26.5 Å². The van der Waals surface area contributed by atoms with E-state index in [-0.39, 0.29) is 35.8 Å². The molecule has 0 radical (unpaired) electrons. The van der Waals surface area contributed by atoms with E-state index in [1.54, 1.807) is 6.26 Å². The summed E-state index contributed by atoms with van der Waals surface area (Å²) in [7, 11) is 0. The number of amides is 1. The number of guanidine groups is 1. The number of carbonyl (C=O) groups is 1. The van der Waals surface area contributed by atoms with Crippen molar-refractivity contribution in [2.75, 3.05) is 19.6 Å². The van der Waals surface area contributed by atoms with Gasteiger partial charge in [-0.1, -0.05) is 32.0 Å². The lowest BCUT2D eigenvalue weighted by Crippen LogP contribution is -2.42. The highest BCUT2D eigenvalue weighted by atomic mass is 127. The molecule has 0 bridgehead atoms. The number of nitrogens with zero attached hydrogens (tertiary/aromatic N) is 2. The molecule has 7 nitrogen and oxygen atoms in total. The Labute approximate surface area is 177 Å². The third kappa shape index (κ3) is 7.98. The molecule has 0 fully saturated rings. The quantitative estimate of drug-likeness (QED) is 0.232. The van der Waals surface area contributed by atoms with E-state index >= 15 is 0 Å². The van der Waals surface area contributed by atoms with Crippen LogP contribution >= 0.6 is 24.0 Å². The topological polar surface area (TPSA) is 91.6 Å². The number of rotatable bonds is 8. The second-order valence-corrected chi connectivity index (χ2v) is 6.08. The van der Waals surface area contributed by atoms with Gasteiger partial charge >= 0.3 is 0 Å². The second kappa shape index (κ2) is 12.3. The van der Waals surface area contributed by atoms with Gasteiger partial charge in [-0.25, -0.2) is 9.98 Å². The van der Waals surface area contributed by atoms with Crippen LogP contribution in [0.4, 0.5) is 0 Å². The van der Waals surface area contributed by atoms with Gasteiger partial charge in [0.05, 0.1) is 6.54 Å². The van der Waals surface area contributed by atoms with Crippen molar-refractivity contribution in [3.05, 3.63) is 42.3 Å². The van der Waals surface area contributed by atoms with E-state index in [0.29, 0.717) is 31.5 Å². The van der Waals surface area contributed by atoms with Crippen LogP contribution in [0.5, 0.6) is 0 Å². The van der Waals surface area contributed by atoms with Gasteiger partial charge in [-0.3, -0.25) is 4.79 Å². The van der Waals surface area contributed by atoms with Crippen molar-refractivity contribution in [3.63, 3.8) is 0 Å². The first-order chi connectivity index (χ1) is 12.6. The van der Waals surface area contributed by atoms with Crippen molar-refractivity contribution in [1.29, 1.82) is 0 Å². The molecule has 0 aliphatic rings. The molecule has 27 heavy (non-hydrogen) atoms. The summed E-state index contributed by atoms with van der Waals surface area (Å²) >= 11 is 0. The van der Waals surface area contributed by atoms with Gasteiger partial charge in [-0.05, 0) is 19.1 Å². The van der Waals surface area contributed by atoms with Crippen LogP contribution in [-0.4, -0.2) is 36.5 Å². The van der Waals surface area contributed by atoms with Crippen molar-refractivity contribution in [2.45, 2.75) is 27.3 Å². The van der Waals surface area contributed by atoms with Gasteiger partial charge in [0.1, 0.15) is 12.0 Å². The molecule has 0 atom stereocenters. The lowest BCUT2D eigenvalue weighted by atomic mass is 10.2. The standard InChI is InChI=1S/C19H27N5O2.HI/c1-4-20-19(22-11-10-21-17(25)14(2)3)23-12-16-13-26-18(24-16)15-8-6-5-7-9-15;/h5-9,13-14H,4,10-12H2,1-3H3,(H,21,25)(H2,20,22,23);1H. The molecule has 3 N–H and O–H groups in total. The normalized spacial score (nSPS) is 11.0. The average molecular weight is 485 g/mol. The van der Waals surface area contributed by atoms with E-state index in [0.717, 1.165) is 17.8 Å². The van der Waals surface area contributed by atoms with Crippen molar-refractivity contribution in [1.82, 2.24) is 20.9 Å². The third-order valence-corrected chi connectivity index (χ3v) is 3.56. The minimum Gasteiger partial charge on any atom is -0.444 e. The van der Waals surface area contributed by atoms with Crippen LogP contribution in [0.3, 0.4) is 0 Å². The number of hydrogen-bond donors (Lipinski definition) is 3. The molecule has 0 aliphatic heterocycles. The van der Waals surface area contributed by atoms with Gasteiger partial charge in [0.25, 0.3) is 0 Å². The van der Waals surface area contributed by atoms with Gasteiger partial charge in [0.15, 0.2) is 5.96 Å². The van der Waals surface area contributed by atoms with Crippen molar-refractivity contribution in [2.24, 2.45) is 10.9 Å². The van der Waals surface area contributed by atoms with Gasteiger partial charge in [-0.2, -0.15) is 0 Å². The minimum atomic E-state index is -0.0112. The van der Waals surface area contributed by atoms with E-state index in [1.165, 1.54) is 0 Å². The van der Waals surface area contributed by atoms with Crippen LogP contribution in [0.2, 0.25) is 0 Å². The smallest absolute Gasteiger partial charge is 0.226 e. The molecule has 1 aromatic heterocycles. The molecule has 1 amide bonds. The highest BCUT2D eigenvalue weighted by molar-refractivity contribution is 14.0. The summed E-state index contributed by atoms with van der Waals surface area (Å²) in [6.07, 6.45) is 1.62. The predicted molar refractivity (Wildman–Crippen MR) is 118 cm³/mol. The molecule has 1 aromatic carbocycles. The van der Waals surface area contributed by atoms with Crippen LogP contribution in [0.25, 0.3) is 11.5 Å². The van der Waals surface area contributed by atoms with Crippen molar-refractivity contribution < 1.29 is 9.21 Å². The zero-order valence-electron chi connectivity index (χ0n) is 16.0. The second-order valence-electron chi connectivity index (χ2n) is 6.08. The number of hydrogen-bond acceptors (Lipinski definition) is 4. The fraction of sp³-hybridized carbons (Fsp3) is 0.421. The zero-order chi connectivity index (χ0) is 18.8. The largest absolute Gasteiger partial charge is 0.444 e. The number of halogens is 1. The van der Waals surface area contributed by atoms with Gasteiger partial charge in [0.2, 0.25) is 11.8 Å². The summed E-state index contributed by atoms with van der Waals surface area (Å²) in [6.45, 7) is 8.04. The highest BCUT2D eigenvalue weighted by Gasteiger charge is 2.07. The minimum absolute atomic E-state index is 0. The first-order valence-corrected chi connectivity index (χ1v) is 8.90. The summed E-state index contributed by atoms with van der Waals surface area (Å²) in [5.41, 5.74) is 1.70. The number of benzene rings is 1. The fourth-order valence-corrected chi connectivity index (χ4v) is 2.17. The van der Waals surface area contributed by atoms with Crippen LogP contribution < -0.4 is 16.0 Å². The zero-order valence-corrected chi connectivity index (χ0v) is 18.3. The van der Waals surface area contributed by atoms with Gasteiger partial charge in [-0.15, -0.1) is 24.0 Å². The first kappa shape index (κ1) is 22.9. The van der Waals surface area contributed by atoms with E-state index in [4.69, 9.17) is 4.42 Å². The lowest BCUT2D eigenvalue weighted by molar-refractivity contribution is -0.123. The van der Waals surface area contributed by atoms with Gasteiger partial charge in [0, 0.05) is 31.1 Å². The Morgan fingerprint density at radius 3 is 2.52 bits per heavy atom. The van der Waals surface area contributed by atoms with Crippen LogP contribution in [0, 0.1) is 5.92 Å². The summed E-state index contributed by atoms with van der Waals surface area (Å²) in [6, 6.07) is 9.76. The lowest BCUT2D eigenvalue weighted by Gasteiger charge is -2.12. The van der Waals surface area contributed by atoms with Crippen LogP contribution in [0.15, 0.2) is 46.0 Å². The molecule has 2 rings (SSSR count). The maximum atomic E-state index is 11.5. The average Bonchev–Trinajstić information content (AvgIpc) is 3.12. The molecule has 0 unspecified atom stereocenters. The Hall–Kier alpha value is -2.10. The number of aliphatic imine (C=N–C) groups is 1. The van der Waals surface area contributed by atoms with Gasteiger partial charge < -0.3 is 20.4 Å². The fourth-order valence-electron chi connectivity index (χ4n) is 2.17. The van der Waals surface area contributed by atoms with E-state index in [9.17, 15) is 4.79 Å². The Kier molecular flexibility index (Phi) is 10.5. The molecule has 0 aliphatic carbocycles. The molecule has 8 heteroatoms. The SMILES string of the molecule is CCNC(=NCc1coc(-c2ccccc2)n1)NCCNC(=O)C(C)C.I. The monoisotopic (exact) mass is 485 g/mol. The number of carbonyl (C=O) groups excluding carboxylic acids is 1. The molecule has 1 heterocycles. The predicted octanol–water partition coefficient (Wildman–Crippen LogP) is 2.79. The molecular weight excluding hydrogens is 457 g/mol. The molecule has 148 valence electrons. The summed E-state index contributed by atoms with van der Waals surface area (Å²) in [5.74, 6) is 1.30. The summed E-state index contributed by atoms with van der Waals surface area (Å²) < 4.78 is 5.52. The first-order valence-electron chi connectivity index (χ1n) is 8.90. The molecule has 2 aromatic rings. The van der Waals surface area contributed by atoms with Crippen molar-refractivity contribution in [3.8, 4) is 11.5 Å². The molecule has 0 saturated heterocycles. The van der Waals surface area contributed by atoms with Crippen LogP contribution in [-0.2, 0) is 11.3 Å². The number of nitrogens with one attached hydrogen (secondary N) is 3. The van der Waals surface area contributed by atoms with Crippen molar-refractivity contribution >= 4 is 35.8 Å². The van der Waals surface area contributed by atoms with E-state index < -0.39 is 0 Å². The molecule has 0 spiro atoms. The highest BCUT2D eigenvalue weighted by Crippen LogP contribution is 2.18.